The molecule has 0 saturated carbocycles. The summed E-state index contributed by atoms with van der Waals surface area (Å²) in [4.78, 5) is 12.2. The van der Waals surface area contributed by atoms with Gasteiger partial charge in [-0.2, -0.15) is 0 Å². The van der Waals surface area contributed by atoms with Crippen molar-refractivity contribution >= 4 is 18.1 Å². The van der Waals surface area contributed by atoms with Gasteiger partial charge in [-0.25, -0.2) is 4.79 Å². The smallest absolute Gasteiger partial charge is 0.331 e. The highest BCUT2D eigenvalue weighted by atomic mass is 16.5. The Kier molecular flexibility index (Phi) is 6.90. The van der Waals surface area contributed by atoms with Crippen LogP contribution in [-0.4, -0.2) is 25.8 Å². The van der Waals surface area contributed by atoms with Crippen LogP contribution in [0.15, 0.2) is 60.7 Å². The lowest BCUT2D eigenvalue weighted by Crippen LogP contribution is -2.29. The zero-order valence-corrected chi connectivity index (χ0v) is 18.6. The number of benzene rings is 3. The molecular formula is C28H28O4. The molecule has 1 aliphatic rings. The van der Waals surface area contributed by atoms with Gasteiger partial charge < -0.3 is 14.2 Å². The van der Waals surface area contributed by atoms with Crippen molar-refractivity contribution in [2.45, 2.75) is 26.7 Å². The van der Waals surface area contributed by atoms with Crippen molar-refractivity contribution in [1.82, 2.24) is 0 Å². The van der Waals surface area contributed by atoms with Crippen LogP contribution in [0.4, 0.5) is 0 Å². The molecule has 0 saturated heterocycles. The molecule has 0 atom stereocenters. The van der Waals surface area contributed by atoms with Crippen LogP contribution in [-0.2, 0) is 9.53 Å². The van der Waals surface area contributed by atoms with Crippen LogP contribution in [0.1, 0.15) is 30.9 Å². The molecule has 3 aromatic rings. The standard InChI is InChI=1S/C28H28O4/c1-3-30-28(29)19-26-25-18-21-10-4-5-12-23(21)24(25)13-14-27(26)32-16-7-6-15-31-22-11-8-9-20(2)17-22/h4-5,8-14,17-19H,3,6-7,15-16H2,1-2H3. The van der Waals surface area contributed by atoms with Gasteiger partial charge in [0.05, 0.1) is 19.8 Å². The SMILES string of the molecule is CCOC(=O)C=c1c(OCCCCOc2cccc(C)c2)ccc2c1=Cc1ccccc1-2. The van der Waals surface area contributed by atoms with Crippen LogP contribution < -0.4 is 19.9 Å². The molecule has 0 N–H and O–H groups in total. The highest BCUT2D eigenvalue weighted by Crippen LogP contribution is 2.26. The largest absolute Gasteiger partial charge is 0.494 e. The molecule has 4 nitrogen and oxygen atoms in total. The van der Waals surface area contributed by atoms with Crippen molar-refractivity contribution in [3.8, 4) is 22.6 Å². The number of carbonyl (C=O) groups excluding carboxylic acids is 1. The Hall–Kier alpha value is -3.53. The normalized spacial score (nSPS) is 12.0. The summed E-state index contributed by atoms with van der Waals surface area (Å²) in [6.07, 6.45) is 5.39. The van der Waals surface area contributed by atoms with Gasteiger partial charge in [-0.3, -0.25) is 0 Å². The third-order valence-electron chi connectivity index (χ3n) is 5.40. The van der Waals surface area contributed by atoms with Gasteiger partial charge in [0, 0.05) is 11.3 Å². The van der Waals surface area contributed by atoms with Crippen LogP contribution >= 0.6 is 0 Å². The van der Waals surface area contributed by atoms with E-state index in [1.165, 1.54) is 11.1 Å². The highest BCUT2D eigenvalue weighted by Gasteiger charge is 2.15. The van der Waals surface area contributed by atoms with E-state index in [1.54, 1.807) is 13.0 Å². The van der Waals surface area contributed by atoms with Crippen molar-refractivity contribution in [2.24, 2.45) is 0 Å². The number of hydrogen-bond acceptors (Lipinski definition) is 4. The maximum absolute atomic E-state index is 12.2. The molecule has 0 aliphatic heterocycles. The molecule has 4 rings (SSSR count). The molecule has 0 radical (unpaired) electrons. The number of esters is 1. The van der Waals surface area contributed by atoms with E-state index in [1.807, 2.05) is 36.4 Å². The lowest BCUT2D eigenvalue weighted by Gasteiger charge is -2.10. The van der Waals surface area contributed by atoms with E-state index < -0.39 is 0 Å². The third-order valence-corrected chi connectivity index (χ3v) is 5.40. The number of ether oxygens (including phenoxy) is 3. The van der Waals surface area contributed by atoms with Gasteiger partial charge in [-0.15, -0.1) is 0 Å². The predicted octanol–water partition coefficient (Wildman–Crippen LogP) is 4.39. The van der Waals surface area contributed by atoms with Gasteiger partial charge in [0.1, 0.15) is 11.5 Å². The first-order chi connectivity index (χ1) is 15.7. The second-order valence-corrected chi connectivity index (χ2v) is 7.79. The first kappa shape index (κ1) is 21.7. The molecule has 0 aromatic heterocycles. The minimum atomic E-state index is -0.360. The topological polar surface area (TPSA) is 44.8 Å². The Morgan fingerprint density at radius 3 is 2.53 bits per heavy atom. The molecule has 4 heteroatoms. The number of carbonyl (C=O) groups is 1. The van der Waals surface area contributed by atoms with Gasteiger partial charge in [0.25, 0.3) is 0 Å². The van der Waals surface area contributed by atoms with E-state index in [4.69, 9.17) is 14.2 Å². The van der Waals surface area contributed by atoms with E-state index in [0.29, 0.717) is 25.6 Å². The first-order valence-electron chi connectivity index (χ1n) is 11.1. The fraction of sp³-hybridized carbons (Fsp3) is 0.250. The number of unbranched alkanes of at least 4 members (excludes halogenated alkanes) is 1. The minimum Gasteiger partial charge on any atom is -0.494 e. The van der Waals surface area contributed by atoms with Crippen LogP contribution in [0.2, 0.25) is 0 Å². The maximum Gasteiger partial charge on any atom is 0.331 e. The molecule has 3 aromatic carbocycles. The lowest BCUT2D eigenvalue weighted by molar-refractivity contribution is -0.135. The molecule has 0 fully saturated rings. The Morgan fingerprint density at radius 1 is 0.906 bits per heavy atom. The van der Waals surface area contributed by atoms with Crippen LogP contribution in [0.5, 0.6) is 11.5 Å². The molecule has 0 heterocycles. The van der Waals surface area contributed by atoms with Crippen molar-refractivity contribution in [1.29, 1.82) is 0 Å². The zero-order valence-electron chi connectivity index (χ0n) is 18.6. The molecule has 0 bridgehead atoms. The van der Waals surface area contributed by atoms with E-state index >= 15 is 0 Å². The van der Waals surface area contributed by atoms with Gasteiger partial charge >= 0.3 is 5.97 Å². The summed E-state index contributed by atoms with van der Waals surface area (Å²) < 4.78 is 17.1. The van der Waals surface area contributed by atoms with Crippen molar-refractivity contribution in [2.75, 3.05) is 19.8 Å². The molecule has 164 valence electrons. The number of hydrogen-bond donors (Lipinski definition) is 0. The van der Waals surface area contributed by atoms with E-state index in [9.17, 15) is 4.79 Å². The summed E-state index contributed by atoms with van der Waals surface area (Å²) in [6.45, 7) is 5.39. The van der Waals surface area contributed by atoms with Crippen LogP contribution in [0, 0.1) is 6.92 Å². The third kappa shape index (κ3) is 5.02. The molecule has 0 amide bonds. The summed E-state index contributed by atoms with van der Waals surface area (Å²) in [6, 6.07) is 20.3. The molecular weight excluding hydrogens is 400 g/mol. The summed E-state index contributed by atoms with van der Waals surface area (Å²) in [5, 5.41) is 1.77. The van der Waals surface area contributed by atoms with Gasteiger partial charge in [-0.1, -0.05) is 42.5 Å². The van der Waals surface area contributed by atoms with Gasteiger partial charge in [-0.05, 0) is 78.4 Å². The monoisotopic (exact) mass is 428 g/mol. The van der Waals surface area contributed by atoms with Crippen molar-refractivity contribution < 1.29 is 19.0 Å². The number of aryl methyl sites for hydroxylation is 1. The first-order valence-corrected chi connectivity index (χ1v) is 11.1. The Balaban J connectivity index is 1.45. The van der Waals surface area contributed by atoms with E-state index in [2.05, 4.69) is 37.3 Å². The van der Waals surface area contributed by atoms with Gasteiger partial charge in [0.2, 0.25) is 0 Å². The summed E-state index contributed by atoms with van der Waals surface area (Å²) in [7, 11) is 0. The Labute approximate surface area is 188 Å². The molecule has 32 heavy (non-hydrogen) atoms. The van der Waals surface area contributed by atoms with Crippen molar-refractivity contribution in [3.63, 3.8) is 0 Å². The maximum atomic E-state index is 12.2. The van der Waals surface area contributed by atoms with Gasteiger partial charge in [0.15, 0.2) is 0 Å². The average Bonchev–Trinajstić information content (AvgIpc) is 3.16. The minimum absolute atomic E-state index is 0.339. The summed E-state index contributed by atoms with van der Waals surface area (Å²) in [5.41, 5.74) is 4.61. The summed E-state index contributed by atoms with van der Waals surface area (Å²) in [5.74, 6) is 1.23. The van der Waals surface area contributed by atoms with Crippen LogP contribution in [0.3, 0.4) is 0 Å². The van der Waals surface area contributed by atoms with Crippen molar-refractivity contribution in [3.05, 3.63) is 82.2 Å². The van der Waals surface area contributed by atoms with Crippen LogP contribution in [0.25, 0.3) is 23.3 Å². The highest BCUT2D eigenvalue weighted by molar-refractivity contribution is 6.00. The second kappa shape index (κ2) is 10.2. The summed E-state index contributed by atoms with van der Waals surface area (Å²) >= 11 is 0. The molecule has 0 spiro atoms. The molecule has 1 aliphatic carbocycles. The lowest BCUT2D eigenvalue weighted by atomic mass is 10.0. The quantitative estimate of drug-likeness (QED) is 0.293. The second-order valence-electron chi connectivity index (χ2n) is 7.79. The molecule has 0 unspecified atom stereocenters. The number of fused-ring (bicyclic) bond motifs is 3. The predicted molar refractivity (Wildman–Crippen MR) is 127 cm³/mol. The average molecular weight is 429 g/mol. The van der Waals surface area contributed by atoms with E-state index in [-0.39, 0.29) is 5.97 Å². The Bertz CT molecular complexity index is 1230. The fourth-order valence-corrected chi connectivity index (χ4v) is 3.89. The fourth-order valence-electron chi connectivity index (χ4n) is 3.89. The zero-order chi connectivity index (χ0) is 22.3. The Morgan fingerprint density at radius 2 is 1.72 bits per heavy atom. The number of rotatable bonds is 9. The van der Waals surface area contributed by atoms with E-state index in [0.717, 1.165) is 40.2 Å².